The van der Waals surface area contributed by atoms with Gasteiger partial charge in [0.25, 0.3) is 10.0 Å². The minimum atomic E-state index is -3.83. The molecule has 4 rings (SSSR count). The Labute approximate surface area is 143 Å². The number of hydrogen-bond donors (Lipinski definition) is 0. The Morgan fingerprint density at radius 2 is 1.83 bits per heavy atom. The number of fused-ring (bicyclic) bond motifs is 2. The molecule has 8 heteroatoms. The maximum absolute atomic E-state index is 13.0. The lowest BCUT2D eigenvalue weighted by molar-refractivity contribution is 0.0982. The van der Waals surface area contributed by atoms with E-state index in [1.54, 1.807) is 18.2 Å². The first-order valence-electron chi connectivity index (χ1n) is 7.22. The summed E-state index contributed by atoms with van der Waals surface area (Å²) in [5.41, 5.74) is 0.659. The van der Waals surface area contributed by atoms with E-state index in [9.17, 15) is 13.2 Å². The van der Waals surface area contributed by atoms with Gasteiger partial charge in [-0.25, -0.2) is 8.42 Å². The van der Waals surface area contributed by atoms with Gasteiger partial charge in [0, 0.05) is 29.6 Å². The molecule has 2 aliphatic heterocycles. The van der Waals surface area contributed by atoms with Crippen molar-refractivity contribution in [3.05, 3.63) is 47.0 Å². The van der Waals surface area contributed by atoms with Crippen molar-refractivity contribution < 1.29 is 22.7 Å². The lowest BCUT2D eigenvalue weighted by Crippen LogP contribution is -2.37. The number of Topliss-reactive ketones (excluding diaryl/α,β-unsaturated/α-hetero) is 1. The summed E-state index contributed by atoms with van der Waals surface area (Å²) in [5.74, 6) is 0.778. The Morgan fingerprint density at radius 1 is 1.04 bits per heavy atom. The second kappa shape index (κ2) is 5.39. The highest BCUT2D eigenvalue weighted by Crippen LogP contribution is 2.37. The molecule has 124 valence electrons. The van der Waals surface area contributed by atoms with Crippen molar-refractivity contribution in [2.45, 2.75) is 11.3 Å². The number of hydrogen-bond acceptors (Lipinski definition) is 5. The third-order valence-electron chi connectivity index (χ3n) is 4.00. The first-order valence-corrected chi connectivity index (χ1v) is 9.04. The molecule has 0 fully saturated rings. The summed E-state index contributed by atoms with van der Waals surface area (Å²) in [6.45, 7) is 0.155. The van der Waals surface area contributed by atoms with Gasteiger partial charge in [0.2, 0.25) is 6.79 Å². The van der Waals surface area contributed by atoms with Gasteiger partial charge in [0.05, 0.1) is 10.6 Å². The fraction of sp³-hybridized carbons (Fsp3) is 0.188. The van der Waals surface area contributed by atoms with E-state index in [0.29, 0.717) is 27.8 Å². The van der Waals surface area contributed by atoms with Crippen LogP contribution in [0.5, 0.6) is 11.5 Å². The number of benzene rings is 2. The topological polar surface area (TPSA) is 72.9 Å². The van der Waals surface area contributed by atoms with Crippen molar-refractivity contribution in [1.29, 1.82) is 0 Å². The maximum atomic E-state index is 13.0. The SMILES string of the molecule is O=C1CCN(S(=O)(=O)c2ccc3c(c2)OCO3)c2ccc(Cl)cc21. The van der Waals surface area contributed by atoms with Gasteiger partial charge in [0.15, 0.2) is 17.3 Å². The monoisotopic (exact) mass is 365 g/mol. The minimum absolute atomic E-state index is 0.0678. The number of anilines is 1. The Bertz CT molecular complexity index is 957. The number of rotatable bonds is 2. The Balaban J connectivity index is 1.81. The largest absolute Gasteiger partial charge is 0.454 e. The zero-order valence-corrected chi connectivity index (χ0v) is 13.9. The van der Waals surface area contributed by atoms with Crippen molar-refractivity contribution in [2.24, 2.45) is 0 Å². The van der Waals surface area contributed by atoms with Crippen LogP contribution in [0.15, 0.2) is 41.3 Å². The molecule has 0 spiro atoms. The highest BCUT2D eigenvalue weighted by molar-refractivity contribution is 7.92. The molecular formula is C16H12ClNO5S. The Hall–Kier alpha value is -2.25. The summed E-state index contributed by atoms with van der Waals surface area (Å²) >= 11 is 5.93. The summed E-state index contributed by atoms with van der Waals surface area (Å²) in [6, 6.07) is 9.09. The van der Waals surface area contributed by atoms with Gasteiger partial charge in [-0.3, -0.25) is 9.10 Å². The number of halogens is 1. The van der Waals surface area contributed by atoms with Gasteiger partial charge in [-0.15, -0.1) is 0 Å². The average molecular weight is 366 g/mol. The molecule has 0 bridgehead atoms. The Kier molecular flexibility index (Phi) is 3.43. The van der Waals surface area contributed by atoms with E-state index in [1.165, 1.54) is 22.5 Å². The van der Waals surface area contributed by atoms with E-state index in [1.807, 2.05) is 0 Å². The van der Waals surface area contributed by atoms with E-state index in [2.05, 4.69) is 0 Å². The van der Waals surface area contributed by atoms with Gasteiger partial charge in [0.1, 0.15) is 0 Å². The number of ether oxygens (including phenoxy) is 2. The van der Waals surface area contributed by atoms with Crippen molar-refractivity contribution in [3.63, 3.8) is 0 Å². The summed E-state index contributed by atoms with van der Waals surface area (Å²) in [4.78, 5) is 12.2. The van der Waals surface area contributed by atoms with Gasteiger partial charge >= 0.3 is 0 Å². The van der Waals surface area contributed by atoms with Crippen LogP contribution in [0.3, 0.4) is 0 Å². The van der Waals surface area contributed by atoms with Crippen LogP contribution < -0.4 is 13.8 Å². The van der Waals surface area contributed by atoms with Gasteiger partial charge in [-0.2, -0.15) is 0 Å². The third-order valence-corrected chi connectivity index (χ3v) is 6.05. The predicted octanol–water partition coefficient (Wildman–Crippen LogP) is 2.85. The average Bonchev–Trinajstić information content (AvgIpc) is 3.03. The van der Waals surface area contributed by atoms with Crippen molar-refractivity contribution in [1.82, 2.24) is 0 Å². The van der Waals surface area contributed by atoms with Gasteiger partial charge < -0.3 is 9.47 Å². The fourth-order valence-electron chi connectivity index (χ4n) is 2.82. The molecule has 2 aromatic carbocycles. The van der Waals surface area contributed by atoms with E-state index >= 15 is 0 Å². The quantitative estimate of drug-likeness (QED) is 0.818. The molecule has 2 heterocycles. The molecule has 0 aliphatic carbocycles. The summed E-state index contributed by atoms with van der Waals surface area (Å²) in [7, 11) is -3.83. The maximum Gasteiger partial charge on any atom is 0.264 e. The molecule has 6 nitrogen and oxygen atoms in total. The molecule has 0 unspecified atom stereocenters. The fourth-order valence-corrected chi connectivity index (χ4v) is 4.49. The standard InChI is InChI=1S/C16H12ClNO5S/c17-10-1-3-13-12(7-10)14(19)5-6-18(13)24(20,21)11-2-4-15-16(8-11)23-9-22-15/h1-4,7-8H,5-6,9H2. The van der Waals surface area contributed by atoms with Gasteiger partial charge in [-0.05, 0) is 30.3 Å². The molecule has 0 atom stereocenters. The van der Waals surface area contributed by atoms with Crippen molar-refractivity contribution in [2.75, 3.05) is 17.6 Å². The predicted molar refractivity (Wildman–Crippen MR) is 87.5 cm³/mol. The second-order valence-electron chi connectivity index (χ2n) is 5.43. The highest BCUT2D eigenvalue weighted by Gasteiger charge is 2.33. The zero-order chi connectivity index (χ0) is 16.9. The third kappa shape index (κ3) is 2.32. The molecular weight excluding hydrogens is 354 g/mol. The van der Waals surface area contributed by atoms with E-state index in [4.69, 9.17) is 21.1 Å². The first-order chi connectivity index (χ1) is 11.5. The van der Waals surface area contributed by atoms with Crippen LogP contribution in [0, 0.1) is 0 Å². The van der Waals surface area contributed by atoms with Crippen molar-refractivity contribution >= 4 is 33.1 Å². The number of carbonyl (C=O) groups excluding carboxylic acids is 1. The van der Waals surface area contributed by atoms with Crippen LogP contribution >= 0.6 is 11.6 Å². The summed E-state index contributed by atoms with van der Waals surface area (Å²) < 4.78 is 37.7. The van der Waals surface area contributed by atoms with E-state index in [0.717, 1.165) is 0 Å². The minimum Gasteiger partial charge on any atom is -0.454 e. The van der Waals surface area contributed by atoms with Crippen LogP contribution in [0.25, 0.3) is 0 Å². The smallest absolute Gasteiger partial charge is 0.264 e. The van der Waals surface area contributed by atoms with E-state index < -0.39 is 10.0 Å². The van der Waals surface area contributed by atoms with Crippen LogP contribution in [0.1, 0.15) is 16.8 Å². The molecule has 24 heavy (non-hydrogen) atoms. The number of carbonyl (C=O) groups is 1. The van der Waals surface area contributed by atoms with E-state index in [-0.39, 0.29) is 30.4 Å². The number of ketones is 1. The lowest BCUT2D eigenvalue weighted by Gasteiger charge is -2.29. The Morgan fingerprint density at radius 3 is 2.67 bits per heavy atom. The normalized spacial score (nSPS) is 16.2. The van der Waals surface area contributed by atoms with Crippen LogP contribution in [-0.4, -0.2) is 27.5 Å². The molecule has 0 radical (unpaired) electrons. The molecule has 0 saturated carbocycles. The number of nitrogens with zero attached hydrogens (tertiary/aromatic N) is 1. The molecule has 0 amide bonds. The summed E-state index contributed by atoms with van der Waals surface area (Å²) in [5, 5.41) is 0.393. The van der Waals surface area contributed by atoms with Crippen LogP contribution in [0.2, 0.25) is 5.02 Å². The van der Waals surface area contributed by atoms with Crippen LogP contribution in [-0.2, 0) is 10.0 Å². The molecule has 0 saturated heterocycles. The lowest BCUT2D eigenvalue weighted by atomic mass is 10.0. The van der Waals surface area contributed by atoms with Gasteiger partial charge in [-0.1, -0.05) is 11.6 Å². The second-order valence-corrected chi connectivity index (χ2v) is 7.73. The van der Waals surface area contributed by atoms with Crippen LogP contribution in [0.4, 0.5) is 5.69 Å². The number of sulfonamides is 1. The first kappa shape index (κ1) is 15.3. The molecule has 2 aromatic rings. The highest BCUT2D eigenvalue weighted by atomic mass is 35.5. The zero-order valence-electron chi connectivity index (χ0n) is 12.4. The van der Waals surface area contributed by atoms with Crippen molar-refractivity contribution in [3.8, 4) is 11.5 Å². The molecule has 2 aliphatic rings. The molecule has 0 aromatic heterocycles. The molecule has 0 N–H and O–H groups in total. The summed E-state index contributed by atoms with van der Waals surface area (Å²) in [6.07, 6.45) is 0.108.